The van der Waals surface area contributed by atoms with Gasteiger partial charge in [0.1, 0.15) is 0 Å². The third kappa shape index (κ3) is 3.39. The largest absolute Gasteiger partial charge is 0.323 e. The molecule has 0 spiro atoms. The molecule has 0 amide bonds. The summed E-state index contributed by atoms with van der Waals surface area (Å²) in [5.41, 5.74) is 1.32. The van der Waals surface area contributed by atoms with Gasteiger partial charge in [-0.3, -0.25) is 0 Å². The molecule has 82 valence electrons. The van der Waals surface area contributed by atoms with Gasteiger partial charge in [-0.2, -0.15) is 11.8 Å². The minimum absolute atomic E-state index is 0.914. The highest BCUT2D eigenvalue weighted by molar-refractivity contribution is 8.00. The molecular weight excluding hydrogens is 223 g/mol. The van der Waals surface area contributed by atoms with Crippen molar-refractivity contribution in [3.8, 4) is 0 Å². The Hall–Kier alpha value is -0.200. The van der Waals surface area contributed by atoms with Crippen molar-refractivity contribution in [2.75, 3.05) is 30.0 Å². The standard InChI is InChI=1S/C12H17OPS/c13-14(8-10-15-11-9-14)7-6-12-4-2-1-3-5-12/h1-5H,6-11H2. The monoisotopic (exact) mass is 240 g/mol. The van der Waals surface area contributed by atoms with Crippen LogP contribution in [-0.4, -0.2) is 30.0 Å². The molecule has 1 nitrogen and oxygen atoms in total. The average molecular weight is 240 g/mol. The third-order valence-electron chi connectivity index (χ3n) is 2.94. The van der Waals surface area contributed by atoms with Crippen LogP contribution >= 0.6 is 18.9 Å². The second kappa shape index (κ2) is 5.23. The van der Waals surface area contributed by atoms with Crippen LogP contribution in [0.1, 0.15) is 5.56 Å². The number of thioether (sulfide) groups is 1. The van der Waals surface area contributed by atoms with Gasteiger partial charge in [-0.15, -0.1) is 0 Å². The smallest absolute Gasteiger partial charge is 0.0897 e. The van der Waals surface area contributed by atoms with E-state index in [9.17, 15) is 4.57 Å². The quantitative estimate of drug-likeness (QED) is 0.754. The maximum Gasteiger partial charge on any atom is 0.0897 e. The molecule has 0 atom stereocenters. The molecule has 0 bridgehead atoms. The second-order valence-corrected chi connectivity index (χ2v) is 8.76. The van der Waals surface area contributed by atoms with E-state index >= 15 is 0 Å². The first-order valence-corrected chi connectivity index (χ1v) is 8.89. The molecule has 0 aliphatic carbocycles. The lowest BCUT2D eigenvalue weighted by Crippen LogP contribution is -2.11. The van der Waals surface area contributed by atoms with Gasteiger partial charge < -0.3 is 4.57 Å². The molecule has 1 aliphatic rings. The molecule has 1 aromatic carbocycles. The van der Waals surface area contributed by atoms with Gasteiger partial charge in [0.15, 0.2) is 0 Å². The molecule has 3 heteroatoms. The van der Waals surface area contributed by atoms with Gasteiger partial charge in [0.25, 0.3) is 0 Å². The van der Waals surface area contributed by atoms with Gasteiger partial charge in [0.2, 0.25) is 0 Å². The van der Waals surface area contributed by atoms with E-state index in [0.29, 0.717) is 0 Å². The lowest BCUT2D eigenvalue weighted by molar-refractivity contribution is 0.575. The van der Waals surface area contributed by atoms with E-state index in [4.69, 9.17) is 0 Å². The van der Waals surface area contributed by atoms with Crippen molar-refractivity contribution in [1.29, 1.82) is 0 Å². The van der Waals surface area contributed by atoms with E-state index in [0.717, 1.165) is 36.4 Å². The molecular formula is C12H17OPS. The minimum atomic E-state index is -1.80. The van der Waals surface area contributed by atoms with Crippen LogP contribution in [0.15, 0.2) is 30.3 Å². The summed E-state index contributed by atoms with van der Waals surface area (Å²) in [6.45, 7) is 0. The molecule has 1 aromatic rings. The Kier molecular flexibility index (Phi) is 3.93. The van der Waals surface area contributed by atoms with Gasteiger partial charge in [0, 0.05) is 30.0 Å². The van der Waals surface area contributed by atoms with E-state index in [1.807, 2.05) is 17.8 Å². The lowest BCUT2D eigenvalue weighted by Gasteiger charge is -2.22. The van der Waals surface area contributed by atoms with Crippen LogP contribution in [-0.2, 0) is 11.0 Å². The average Bonchev–Trinajstić information content (AvgIpc) is 2.29. The van der Waals surface area contributed by atoms with Crippen molar-refractivity contribution in [2.24, 2.45) is 0 Å². The van der Waals surface area contributed by atoms with Crippen molar-refractivity contribution in [1.82, 2.24) is 0 Å². The maximum absolute atomic E-state index is 12.4. The van der Waals surface area contributed by atoms with Crippen molar-refractivity contribution in [3.63, 3.8) is 0 Å². The summed E-state index contributed by atoms with van der Waals surface area (Å²) in [5.74, 6) is 2.21. The van der Waals surface area contributed by atoms with Crippen molar-refractivity contribution < 1.29 is 4.57 Å². The van der Waals surface area contributed by atoms with Crippen LogP contribution in [0.25, 0.3) is 0 Å². The van der Waals surface area contributed by atoms with E-state index in [-0.39, 0.29) is 0 Å². The Bertz CT molecular complexity index is 340. The van der Waals surface area contributed by atoms with E-state index in [1.165, 1.54) is 5.56 Å². The van der Waals surface area contributed by atoms with Crippen LogP contribution in [0.4, 0.5) is 0 Å². The van der Waals surface area contributed by atoms with Crippen LogP contribution < -0.4 is 0 Å². The fourth-order valence-corrected chi connectivity index (χ4v) is 7.11. The molecule has 0 saturated carbocycles. The van der Waals surface area contributed by atoms with Gasteiger partial charge in [-0.25, -0.2) is 0 Å². The predicted molar refractivity (Wildman–Crippen MR) is 69.7 cm³/mol. The van der Waals surface area contributed by atoms with Crippen LogP contribution in [0, 0.1) is 0 Å². The van der Waals surface area contributed by atoms with E-state index < -0.39 is 7.14 Å². The highest BCUT2D eigenvalue weighted by Gasteiger charge is 2.24. The Balaban J connectivity index is 1.90. The molecule has 1 fully saturated rings. The number of aryl methyl sites for hydroxylation is 1. The molecule has 15 heavy (non-hydrogen) atoms. The zero-order chi connectivity index (χ0) is 10.6. The fraction of sp³-hybridized carbons (Fsp3) is 0.500. The first-order valence-electron chi connectivity index (χ1n) is 5.47. The Morgan fingerprint density at radius 2 is 1.80 bits per heavy atom. The number of benzene rings is 1. The molecule has 0 N–H and O–H groups in total. The molecule has 0 unspecified atom stereocenters. The Morgan fingerprint density at radius 3 is 2.47 bits per heavy atom. The predicted octanol–water partition coefficient (Wildman–Crippen LogP) is 3.34. The second-order valence-electron chi connectivity index (χ2n) is 4.08. The summed E-state index contributed by atoms with van der Waals surface area (Å²) < 4.78 is 12.4. The zero-order valence-corrected chi connectivity index (χ0v) is 10.6. The van der Waals surface area contributed by atoms with E-state index in [2.05, 4.69) is 24.3 Å². The van der Waals surface area contributed by atoms with Gasteiger partial charge >= 0.3 is 0 Å². The minimum Gasteiger partial charge on any atom is -0.323 e. The third-order valence-corrected chi connectivity index (χ3v) is 7.64. The molecule has 2 rings (SSSR count). The summed E-state index contributed by atoms with van der Waals surface area (Å²) >= 11 is 1.95. The number of rotatable bonds is 3. The summed E-state index contributed by atoms with van der Waals surface area (Å²) in [5, 5.41) is 0. The molecule has 0 aromatic heterocycles. The maximum atomic E-state index is 12.4. The highest BCUT2D eigenvalue weighted by atomic mass is 32.2. The van der Waals surface area contributed by atoms with Gasteiger partial charge in [-0.1, -0.05) is 30.3 Å². The van der Waals surface area contributed by atoms with Crippen molar-refractivity contribution in [3.05, 3.63) is 35.9 Å². The lowest BCUT2D eigenvalue weighted by atomic mass is 10.2. The fourth-order valence-electron chi connectivity index (χ4n) is 1.88. The first-order chi connectivity index (χ1) is 7.29. The van der Waals surface area contributed by atoms with Gasteiger partial charge in [0.05, 0.1) is 7.14 Å². The number of hydrogen-bond acceptors (Lipinski definition) is 2. The van der Waals surface area contributed by atoms with Crippen molar-refractivity contribution in [2.45, 2.75) is 6.42 Å². The highest BCUT2D eigenvalue weighted by Crippen LogP contribution is 2.49. The van der Waals surface area contributed by atoms with Crippen LogP contribution in [0.3, 0.4) is 0 Å². The van der Waals surface area contributed by atoms with E-state index in [1.54, 1.807) is 0 Å². The van der Waals surface area contributed by atoms with Crippen molar-refractivity contribution >= 4 is 18.9 Å². The SMILES string of the molecule is O=P1(CCc2ccccc2)CCSCC1. The Morgan fingerprint density at radius 1 is 1.13 bits per heavy atom. The normalized spacial score (nSPS) is 20.0. The summed E-state index contributed by atoms with van der Waals surface area (Å²) in [7, 11) is -1.80. The van der Waals surface area contributed by atoms with Gasteiger partial charge in [-0.05, 0) is 12.0 Å². The summed E-state index contributed by atoms with van der Waals surface area (Å²) in [6, 6.07) is 10.4. The molecule has 1 heterocycles. The zero-order valence-electron chi connectivity index (χ0n) is 8.89. The molecule has 1 saturated heterocycles. The van der Waals surface area contributed by atoms with Crippen LogP contribution in [0.2, 0.25) is 0 Å². The molecule has 0 radical (unpaired) electrons. The first kappa shape index (κ1) is 11.3. The molecule has 1 aliphatic heterocycles. The van der Waals surface area contributed by atoms with Crippen LogP contribution in [0.5, 0.6) is 0 Å². The summed E-state index contributed by atoms with van der Waals surface area (Å²) in [6.07, 6.45) is 3.83. The topological polar surface area (TPSA) is 17.1 Å². The summed E-state index contributed by atoms with van der Waals surface area (Å²) in [4.78, 5) is 0. The Labute approximate surface area is 96.0 Å². The number of hydrogen-bond donors (Lipinski definition) is 0.